The molecule has 0 saturated carbocycles. The third-order valence-corrected chi connectivity index (χ3v) is 4.28. The summed E-state index contributed by atoms with van der Waals surface area (Å²) in [6.07, 6.45) is 6.19. The van der Waals surface area contributed by atoms with Gasteiger partial charge in [0.25, 0.3) is 0 Å². The number of carbonyl (C=O) groups is 1. The Bertz CT molecular complexity index is 210. The third-order valence-electron chi connectivity index (χ3n) is 2.20. The fraction of sp³-hybridized carbons (Fsp3) is 0.769. The standard InChI is InChI=1S/C13H24O3S2/c1-2-13(15)16-8-12-18-10-6-4-3-5-9-17-11-7-14/h2,14H,1,3-12H2. The molecule has 0 aliphatic heterocycles. The number of hydrogen-bond acceptors (Lipinski definition) is 5. The van der Waals surface area contributed by atoms with Gasteiger partial charge in [-0.3, -0.25) is 0 Å². The summed E-state index contributed by atoms with van der Waals surface area (Å²) < 4.78 is 4.87. The van der Waals surface area contributed by atoms with E-state index in [9.17, 15) is 4.79 Å². The topological polar surface area (TPSA) is 46.5 Å². The SMILES string of the molecule is C=CC(=O)OCCSCCCCCCSCCO. The van der Waals surface area contributed by atoms with Gasteiger partial charge in [-0.2, -0.15) is 23.5 Å². The van der Waals surface area contributed by atoms with E-state index in [0.717, 1.165) is 23.0 Å². The summed E-state index contributed by atoms with van der Waals surface area (Å²) in [5.74, 6) is 3.68. The first-order valence-electron chi connectivity index (χ1n) is 6.36. The van der Waals surface area contributed by atoms with Crippen molar-refractivity contribution in [2.45, 2.75) is 25.7 Å². The molecule has 18 heavy (non-hydrogen) atoms. The number of esters is 1. The van der Waals surface area contributed by atoms with Crippen molar-refractivity contribution < 1.29 is 14.6 Å². The molecule has 0 aromatic rings. The Labute approximate surface area is 119 Å². The Morgan fingerprint density at radius 3 is 2.22 bits per heavy atom. The first-order valence-corrected chi connectivity index (χ1v) is 8.67. The quantitative estimate of drug-likeness (QED) is 0.321. The lowest BCUT2D eigenvalue weighted by molar-refractivity contribution is -0.137. The summed E-state index contributed by atoms with van der Waals surface area (Å²) in [5, 5.41) is 8.60. The minimum absolute atomic E-state index is 0.289. The van der Waals surface area contributed by atoms with Gasteiger partial charge >= 0.3 is 5.97 Å². The van der Waals surface area contributed by atoms with Crippen molar-refractivity contribution >= 4 is 29.5 Å². The third kappa shape index (κ3) is 13.9. The van der Waals surface area contributed by atoms with Crippen molar-refractivity contribution in [2.75, 3.05) is 36.2 Å². The molecule has 0 fully saturated rings. The van der Waals surface area contributed by atoms with Crippen LogP contribution in [0.4, 0.5) is 0 Å². The van der Waals surface area contributed by atoms with Crippen LogP contribution in [0.2, 0.25) is 0 Å². The first kappa shape index (κ1) is 17.9. The van der Waals surface area contributed by atoms with Crippen molar-refractivity contribution in [1.82, 2.24) is 0 Å². The van der Waals surface area contributed by atoms with E-state index in [-0.39, 0.29) is 12.6 Å². The number of aliphatic hydroxyl groups is 1. The molecule has 0 aromatic heterocycles. The second kappa shape index (κ2) is 14.9. The van der Waals surface area contributed by atoms with Crippen LogP contribution < -0.4 is 0 Å². The molecule has 0 atom stereocenters. The highest BCUT2D eigenvalue weighted by molar-refractivity contribution is 7.99. The summed E-state index contributed by atoms with van der Waals surface area (Å²) in [6, 6.07) is 0. The Balaban J connectivity index is 2.98. The van der Waals surface area contributed by atoms with E-state index < -0.39 is 0 Å². The molecule has 0 radical (unpaired) electrons. The van der Waals surface area contributed by atoms with E-state index in [1.165, 1.54) is 31.8 Å². The molecule has 0 unspecified atom stereocenters. The van der Waals surface area contributed by atoms with Gasteiger partial charge in [0, 0.05) is 17.6 Å². The highest BCUT2D eigenvalue weighted by Crippen LogP contribution is 2.10. The molecule has 0 aliphatic carbocycles. The van der Waals surface area contributed by atoms with Crippen molar-refractivity contribution in [3.63, 3.8) is 0 Å². The lowest BCUT2D eigenvalue weighted by Gasteiger charge is -2.03. The zero-order chi connectivity index (χ0) is 13.5. The Morgan fingerprint density at radius 1 is 1.06 bits per heavy atom. The fourth-order valence-corrected chi connectivity index (χ4v) is 2.85. The molecule has 0 amide bonds. The molecule has 0 spiro atoms. The van der Waals surface area contributed by atoms with Crippen molar-refractivity contribution in [2.24, 2.45) is 0 Å². The molecule has 0 aromatic carbocycles. The van der Waals surface area contributed by atoms with Crippen LogP contribution in [-0.4, -0.2) is 47.3 Å². The molecule has 0 bridgehead atoms. The molecule has 0 rings (SSSR count). The van der Waals surface area contributed by atoms with Crippen molar-refractivity contribution in [3.8, 4) is 0 Å². The van der Waals surface area contributed by atoms with Gasteiger partial charge < -0.3 is 9.84 Å². The summed E-state index contributed by atoms with van der Waals surface area (Å²) >= 11 is 3.65. The highest BCUT2D eigenvalue weighted by Gasteiger charge is 1.96. The van der Waals surface area contributed by atoms with E-state index in [1.54, 1.807) is 0 Å². The molecule has 1 N–H and O–H groups in total. The molecule has 3 nitrogen and oxygen atoms in total. The van der Waals surface area contributed by atoms with Gasteiger partial charge in [0.15, 0.2) is 0 Å². The van der Waals surface area contributed by atoms with Crippen LogP contribution in [0, 0.1) is 0 Å². The lowest BCUT2D eigenvalue weighted by Crippen LogP contribution is -2.03. The number of rotatable bonds is 13. The summed E-state index contributed by atoms with van der Waals surface area (Å²) in [4.78, 5) is 10.7. The van der Waals surface area contributed by atoms with Crippen LogP contribution in [0.5, 0.6) is 0 Å². The maximum atomic E-state index is 10.7. The number of aliphatic hydroxyl groups excluding tert-OH is 1. The van der Waals surface area contributed by atoms with E-state index >= 15 is 0 Å². The maximum absolute atomic E-state index is 10.7. The van der Waals surface area contributed by atoms with Crippen LogP contribution in [0.15, 0.2) is 12.7 Å². The average Bonchev–Trinajstić information content (AvgIpc) is 2.39. The summed E-state index contributed by atoms with van der Waals surface area (Å²) in [5.41, 5.74) is 0. The molecule has 5 heteroatoms. The molecule has 0 heterocycles. The minimum Gasteiger partial charge on any atom is -0.462 e. The Kier molecular flexibility index (Phi) is 14.8. The van der Waals surface area contributed by atoms with Crippen LogP contribution in [-0.2, 0) is 9.53 Å². The fourth-order valence-electron chi connectivity index (χ4n) is 1.29. The molecular formula is C13H24O3S2. The summed E-state index contributed by atoms with van der Waals surface area (Å²) in [7, 11) is 0. The molecule has 0 saturated heterocycles. The van der Waals surface area contributed by atoms with Crippen LogP contribution >= 0.6 is 23.5 Å². The molecular weight excluding hydrogens is 268 g/mol. The average molecular weight is 292 g/mol. The molecule has 106 valence electrons. The van der Waals surface area contributed by atoms with Crippen molar-refractivity contribution in [1.29, 1.82) is 0 Å². The second-order valence-electron chi connectivity index (χ2n) is 3.73. The largest absolute Gasteiger partial charge is 0.462 e. The highest BCUT2D eigenvalue weighted by atomic mass is 32.2. The van der Waals surface area contributed by atoms with E-state index in [2.05, 4.69) is 6.58 Å². The number of carbonyl (C=O) groups excluding carboxylic acids is 1. The monoisotopic (exact) mass is 292 g/mol. The first-order chi connectivity index (χ1) is 8.81. The zero-order valence-electron chi connectivity index (χ0n) is 10.9. The number of ether oxygens (including phenoxy) is 1. The van der Waals surface area contributed by atoms with Gasteiger partial charge in [-0.1, -0.05) is 19.4 Å². The minimum atomic E-state index is -0.337. The van der Waals surface area contributed by atoms with Gasteiger partial charge in [-0.15, -0.1) is 0 Å². The predicted molar refractivity (Wildman–Crippen MR) is 81.4 cm³/mol. The number of thioether (sulfide) groups is 2. The van der Waals surface area contributed by atoms with Crippen molar-refractivity contribution in [3.05, 3.63) is 12.7 Å². The summed E-state index contributed by atoms with van der Waals surface area (Å²) in [6.45, 7) is 4.11. The van der Waals surface area contributed by atoms with E-state index in [1.807, 2.05) is 23.5 Å². The van der Waals surface area contributed by atoms with Gasteiger partial charge in [-0.05, 0) is 24.3 Å². The normalized spacial score (nSPS) is 10.3. The van der Waals surface area contributed by atoms with Crippen LogP contribution in [0.25, 0.3) is 0 Å². The van der Waals surface area contributed by atoms with Crippen LogP contribution in [0.1, 0.15) is 25.7 Å². The zero-order valence-corrected chi connectivity index (χ0v) is 12.6. The van der Waals surface area contributed by atoms with E-state index in [0.29, 0.717) is 6.61 Å². The smallest absolute Gasteiger partial charge is 0.330 e. The number of unbranched alkanes of at least 4 members (excludes halogenated alkanes) is 3. The second-order valence-corrected chi connectivity index (χ2v) is 6.18. The van der Waals surface area contributed by atoms with Gasteiger partial charge in [0.05, 0.1) is 6.61 Å². The van der Waals surface area contributed by atoms with Crippen LogP contribution in [0.3, 0.4) is 0 Å². The Morgan fingerprint density at radius 2 is 1.67 bits per heavy atom. The van der Waals surface area contributed by atoms with Gasteiger partial charge in [0.2, 0.25) is 0 Å². The van der Waals surface area contributed by atoms with Gasteiger partial charge in [0.1, 0.15) is 6.61 Å². The predicted octanol–water partition coefficient (Wildman–Crippen LogP) is 2.73. The van der Waals surface area contributed by atoms with E-state index in [4.69, 9.17) is 9.84 Å². The molecule has 0 aliphatic rings. The maximum Gasteiger partial charge on any atom is 0.330 e. The Hall–Kier alpha value is -0.130. The van der Waals surface area contributed by atoms with Gasteiger partial charge in [-0.25, -0.2) is 4.79 Å². The lowest BCUT2D eigenvalue weighted by atomic mass is 10.2. The number of hydrogen-bond donors (Lipinski definition) is 1.